The zero-order valence-electron chi connectivity index (χ0n) is 35.3. The van der Waals surface area contributed by atoms with Crippen molar-refractivity contribution in [3.63, 3.8) is 0 Å². The van der Waals surface area contributed by atoms with Gasteiger partial charge in [0.1, 0.15) is 11.2 Å². The minimum Gasteiger partial charge on any atom is -0.456 e. The average molecular weight is 783 g/mol. The number of para-hydroxylation sites is 3. The molecule has 4 heteroatoms. The van der Waals surface area contributed by atoms with Crippen molar-refractivity contribution in [3.8, 4) is 27.9 Å². The van der Waals surface area contributed by atoms with E-state index in [0.29, 0.717) is 0 Å². The van der Waals surface area contributed by atoms with E-state index < -0.39 is 5.41 Å². The number of benzene rings is 8. The topological polar surface area (TPSA) is 21.3 Å². The number of fused-ring (bicyclic) bond motifs is 20. The van der Waals surface area contributed by atoms with Crippen molar-refractivity contribution in [1.29, 1.82) is 0 Å². The summed E-state index contributed by atoms with van der Waals surface area (Å²) in [6, 6.07) is 58.1. The maximum atomic E-state index is 6.95. The van der Waals surface area contributed by atoms with Gasteiger partial charge in [-0.1, -0.05) is 157 Å². The van der Waals surface area contributed by atoms with Gasteiger partial charge in [0.15, 0.2) is 0 Å². The molecular formula is C57H43BN2O. The second-order valence-electron chi connectivity index (χ2n) is 20.0. The third kappa shape index (κ3) is 3.94. The van der Waals surface area contributed by atoms with Crippen LogP contribution in [0.3, 0.4) is 0 Å². The van der Waals surface area contributed by atoms with Crippen molar-refractivity contribution in [2.24, 2.45) is 0 Å². The Balaban J connectivity index is 1.22. The Hall–Kier alpha value is -6.78. The molecule has 0 N–H and O–H groups in total. The molecule has 0 radical (unpaired) electrons. The zero-order chi connectivity index (χ0) is 40.9. The molecule has 0 amide bonds. The molecule has 1 aliphatic carbocycles. The van der Waals surface area contributed by atoms with Crippen molar-refractivity contribution in [1.82, 2.24) is 4.57 Å². The van der Waals surface area contributed by atoms with Crippen molar-refractivity contribution in [2.45, 2.75) is 57.8 Å². The van der Waals surface area contributed by atoms with Gasteiger partial charge in [-0.25, -0.2) is 0 Å². The van der Waals surface area contributed by atoms with Crippen LogP contribution >= 0.6 is 0 Å². The number of anilines is 2. The first-order valence-corrected chi connectivity index (χ1v) is 21.9. The molecule has 2 aromatic heterocycles. The molecule has 0 unspecified atom stereocenters. The molecule has 290 valence electrons. The van der Waals surface area contributed by atoms with E-state index in [4.69, 9.17) is 4.42 Å². The lowest BCUT2D eigenvalue weighted by molar-refractivity contribution is 0.590. The first-order chi connectivity index (χ1) is 29.5. The predicted molar refractivity (Wildman–Crippen MR) is 255 cm³/mol. The third-order valence-corrected chi connectivity index (χ3v) is 14.8. The number of nitrogens with zero attached hydrogens (tertiary/aromatic N) is 2. The van der Waals surface area contributed by atoms with Gasteiger partial charge < -0.3 is 13.8 Å². The minimum atomic E-state index is -0.506. The van der Waals surface area contributed by atoms with Crippen LogP contribution < -0.4 is 15.7 Å². The lowest BCUT2D eigenvalue weighted by Crippen LogP contribution is -2.62. The number of hydrogen-bond acceptors (Lipinski definition) is 2. The molecule has 1 spiro atoms. The van der Waals surface area contributed by atoms with E-state index >= 15 is 0 Å². The van der Waals surface area contributed by atoms with Gasteiger partial charge in [-0.15, -0.1) is 0 Å². The Morgan fingerprint density at radius 3 is 1.90 bits per heavy atom. The smallest absolute Gasteiger partial charge is 0.333 e. The van der Waals surface area contributed by atoms with Crippen LogP contribution in [0.4, 0.5) is 11.4 Å². The van der Waals surface area contributed by atoms with Crippen molar-refractivity contribution < 1.29 is 4.42 Å². The Bertz CT molecular complexity index is 3600. The monoisotopic (exact) mass is 782 g/mol. The van der Waals surface area contributed by atoms with E-state index in [1.807, 2.05) is 0 Å². The average Bonchev–Trinajstić information content (AvgIpc) is 3.90. The number of rotatable bonds is 0. The van der Waals surface area contributed by atoms with Gasteiger partial charge in [0.2, 0.25) is 0 Å². The van der Waals surface area contributed by atoms with Crippen molar-refractivity contribution in [3.05, 3.63) is 185 Å². The number of furan rings is 1. The largest absolute Gasteiger partial charge is 0.456 e. The fourth-order valence-electron chi connectivity index (χ4n) is 12.2. The molecule has 0 saturated heterocycles. The molecule has 0 fully saturated rings. The van der Waals surface area contributed by atoms with Crippen LogP contribution in [-0.4, -0.2) is 11.4 Å². The Labute approximate surface area is 356 Å². The zero-order valence-corrected chi connectivity index (χ0v) is 35.3. The second-order valence-corrected chi connectivity index (χ2v) is 20.0. The number of hydrogen-bond donors (Lipinski definition) is 0. The lowest BCUT2D eigenvalue weighted by atomic mass is 9.42. The highest BCUT2D eigenvalue weighted by atomic mass is 16.3. The fraction of sp³-hybridized carbons (Fsp3) is 0.158. The van der Waals surface area contributed by atoms with Crippen molar-refractivity contribution >= 4 is 72.9 Å². The van der Waals surface area contributed by atoms with Gasteiger partial charge in [-0.3, -0.25) is 0 Å². The molecule has 5 heterocycles. The van der Waals surface area contributed by atoms with E-state index in [0.717, 1.165) is 16.6 Å². The first kappa shape index (κ1) is 34.0. The third-order valence-electron chi connectivity index (χ3n) is 14.8. The molecule has 8 aromatic carbocycles. The highest BCUT2D eigenvalue weighted by molar-refractivity contribution is 6.94. The summed E-state index contributed by atoms with van der Waals surface area (Å²) in [7, 11) is 0. The summed E-state index contributed by atoms with van der Waals surface area (Å²) >= 11 is 0. The summed E-state index contributed by atoms with van der Waals surface area (Å²) in [6.07, 6.45) is 0. The summed E-state index contributed by atoms with van der Waals surface area (Å²) in [5, 5.41) is 4.99. The molecule has 0 atom stereocenters. The maximum Gasteiger partial charge on any atom is 0.333 e. The molecular weight excluding hydrogens is 739 g/mol. The van der Waals surface area contributed by atoms with E-state index in [2.05, 4.69) is 203 Å². The Morgan fingerprint density at radius 2 is 1.15 bits per heavy atom. The van der Waals surface area contributed by atoms with Crippen LogP contribution in [0.25, 0.3) is 71.7 Å². The van der Waals surface area contributed by atoms with Crippen LogP contribution in [0.2, 0.25) is 0 Å². The van der Waals surface area contributed by atoms with E-state index in [1.54, 1.807) is 0 Å². The molecule has 14 rings (SSSR count). The van der Waals surface area contributed by atoms with Gasteiger partial charge in [-0.05, 0) is 102 Å². The highest BCUT2D eigenvalue weighted by Crippen LogP contribution is 2.65. The van der Waals surface area contributed by atoms with Crippen LogP contribution in [0.5, 0.6) is 0 Å². The van der Waals surface area contributed by atoms with Gasteiger partial charge >= 0.3 is 6.85 Å². The van der Waals surface area contributed by atoms with Crippen LogP contribution in [0, 0.1) is 0 Å². The number of aromatic nitrogens is 1. The molecule has 4 aliphatic rings. The molecule has 10 aromatic rings. The van der Waals surface area contributed by atoms with E-state index in [9.17, 15) is 0 Å². The molecule has 0 bridgehead atoms. The lowest BCUT2D eigenvalue weighted by Gasteiger charge is -2.51. The maximum absolute atomic E-state index is 6.95. The van der Waals surface area contributed by atoms with Crippen LogP contribution in [0.15, 0.2) is 156 Å². The molecule has 3 aliphatic heterocycles. The summed E-state index contributed by atoms with van der Waals surface area (Å²) < 4.78 is 9.54. The Morgan fingerprint density at radius 1 is 0.508 bits per heavy atom. The normalized spacial score (nSPS) is 15.1. The van der Waals surface area contributed by atoms with Gasteiger partial charge in [0.25, 0.3) is 0 Å². The summed E-state index contributed by atoms with van der Waals surface area (Å²) in [4.78, 5) is 2.76. The van der Waals surface area contributed by atoms with E-state index in [1.165, 1.54) is 111 Å². The quantitative estimate of drug-likeness (QED) is 0.143. The van der Waals surface area contributed by atoms with Gasteiger partial charge in [0.05, 0.1) is 16.4 Å². The highest BCUT2D eigenvalue weighted by Gasteiger charge is 2.56. The van der Waals surface area contributed by atoms with Gasteiger partial charge in [0, 0.05) is 50.2 Å². The summed E-state index contributed by atoms with van der Waals surface area (Å²) in [5.41, 5.74) is 23.5. The fourth-order valence-corrected chi connectivity index (χ4v) is 12.2. The molecule has 0 saturated carbocycles. The standard InChI is InChI=1S/C57H43BN2O/c1-55(2,3)32-26-27-45-38(28-32)39-29-33(56(4,5)6)30-44-54(39)59(45)47-31-49-50(36-18-9-14-25-48(36)61-49)51-37-19-15-23-43-53(37)60(58(44)52(47)51)46-24-13-12-22-42(46)57(43)40-20-10-7-16-34(40)35-17-8-11-21-41(35)57/h7-31H,1-6H3. The van der Waals surface area contributed by atoms with Crippen LogP contribution in [0.1, 0.15) is 74.9 Å². The second kappa shape index (κ2) is 10.9. The first-order valence-electron chi connectivity index (χ1n) is 21.9. The summed E-state index contributed by atoms with van der Waals surface area (Å²) in [5.74, 6) is 0. The Kier molecular flexibility index (Phi) is 6.09. The predicted octanol–water partition coefficient (Wildman–Crippen LogP) is 13.2. The van der Waals surface area contributed by atoms with Gasteiger partial charge in [-0.2, -0.15) is 0 Å². The van der Waals surface area contributed by atoms with E-state index in [-0.39, 0.29) is 17.7 Å². The summed E-state index contributed by atoms with van der Waals surface area (Å²) in [6.45, 7) is 14.0. The molecule has 61 heavy (non-hydrogen) atoms. The minimum absolute atomic E-state index is 0.00716. The molecule has 3 nitrogen and oxygen atoms in total. The van der Waals surface area contributed by atoms with Crippen LogP contribution in [-0.2, 0) is 16.2 Å². The SMILES string of the molecule is CC(C)(C)c1ccc2c(c1)c1cc(C(C)(C)C)cc3c1n2-c1cc2oc4ccccc4c2c2c1B3N1c3ccccc3C3(c4ccccc4-c4ccccc43)c3cccc-2c31. The van der Waals surface area contributed by atoms with Crippen molar-refractivity contribution in [2.75, 3.05) is 4.81 Å².